The van der Waals surface area contributed by atoms with Crippen molar-refractivity contribution >= 4 is 29.3 Å². The third kappa shape index (κ3) is 4.03. The molecule has 0 N–H and O–H groups in total. The number of hydrogen-bond donors (Lipinski definition) is 0. The lowest BCUT2D eigenvalue weighted by atomic mass is 9.86. The summed E-state index contributed by atoms with van der Waals surface area (Å²) in [4.78, 5) is 16.8. The molecule has 0 radical (unpaired) electrons. The molecule has 4 nitrogen and oxygen atoms in total. The van der Waals surface area contributed by atoms with Crippen LogP contribution in [0.4, 0.5) is 0 Å². The molecule has 1 aromatic rings. The predicted octanol–water partition coefficient (Wildman–Crippen LogP) is 4.40. The first-order chi connectivity index (χ1) is 12.0. The van der Waals surface area contributed by atoms with Crippen LogP contribution in [0.2, 0.25) is 5.02 Å². The lowest BCUT2D eigenvalue weighted by molar-refractivity contribution is -0.131. The zero-order valence-corrected chi connectivity index (χ0v) is 16.1. The van der Waals surface area contributed by atoms with Gasteiger partial charge in [-0.2, -0.15) is 5.26 Å². The number of carbonyl (C=O) groups is 1. The minimum atomic E-state index is -0.171. The molecule has 0 bridgehead atoms. The SMILES string of the molecule is CC(C)CCN1CSC2=C(C#N)[C@@H](c3ccc(Cl)cc3)CC(=O)N2C1. The molecule has 2 aliphatic rings. The standard InChI is InChI=1S/C19H22ClN3OS/c1-13(2)7-8-22-11-23-18(24)9-16(14-3-5-15(20)6-4-14)17(10-21)19(23)25-12-22/h3-6,13,16H,7-9,11-12H2,1-2H3/t16-/m1/s1. The van der Waals surface area contributed by atoms with E-state index in [0.717, 1.165) is 29.4 Å². The highest BCUT2D eigenvalue weighted by molar-refractivity contribution is 8.03. The van der Waals surface area contributed by atoms with Crippen molar-refractivity contribution < 1.29 is 4.79 Å². The van der Waals surface area contributed by atoms with Crippen molar-refractivity contribution in [2.24, 2.45) is 5.92 Å². The van der Waals surface area contributed by atoms with Gasteiger partial charge in [0.05, 0.1) is 29.2 Å². The molecule has 1 amide bonds. The lowest BCUT2D eigenvalue weighted by Crippen LogP contribution is -2.47. The summed E-state index contributed by atoms with van der Waals surface area (Å²) in [6, 6.07) is 9.82. The van der Waals surface area contributed by atoms with Gasteiger partial charge < -0.3 is 0 Å². The summed E-state index contributed by atoms with van der Waals surface area (Å²) in [6.45, 7) is 5.98. The van der Waals surface area contributed by atoms with Gasteiger partial charge in [0.15, 0.2) is 0 Å². The number of thioether (sulfide) groups is 1. The molecule has 6 heteroatoms. The molecule has 25 heavy (non-hydrogen) atoms. The molecule has 1 saturated heterocycles. The van der Waals surface area contributed by atoms with Gasteiger partial charge in [-0.05, 0) is 30.0 Å². The van der Waals surface area contributed by atoms with E-state index in [0.29, 0.717) is 29.6 Å². The number of benzene rings is 1. The number of rotatable bonds is 4. The monoisotopic (exact) mass is 375 g/mol. The van der Waals surface area contributed by atoms with Gasteiger partial charge in [-0.1, -0.05) is 49.3 Å². The Morgan fingerprint density at radius 3 is 2.72 bits per heavy atom. The third-order valence-electron chi connectivity index (χ3n) is 4.64. The number of carbonyl (C=O) groups excluding carboxylic acids is 1. The van der Waals surface area contributed by atoms with Crippen LogP contribution in [0, 0.1) is 17.2 Å². The van der Waals surface area contributed by atoms with Gasteiger partial charge in [0.1, 0.15) is 0 Å². The Labute approximate surface area is 158 Å². The van der Waals surface area contributed by atoms with Crippen LogP contribution in [0.15, 0.2) is 34.9 Å². The molecule has 2 aliphatic heterocycles. The summed E-state index contributed by atoms with van der Waals surface area (Å²) < 4.78 is 0. The number of nitriles is 1. The van der Waals surface area contributed by atoms with E-state index in [4.69, 9.17) is 11.6 Å². The van der Waals surface area contributed by atoms with E-state index in [1.165, 1.54) is 0 Å². The fraction of sp³-hybridized carbons (Fsp3) is 0.474. The van der Waals surface area contributed by atoms with E-state index in [2.05, 4.69) is 24.8 Å². The maximum Gasteiger partial charge on any atom is 0.229 e. The van der Waals surface area contributed by atoms with Gasteiger partial charge >= 0.3 is 0 Å². The fourth-order valence-corrected chi connectivity index (χ4v) is 4.47. The van der Waals surface area contributed by atoms with Gasteiger partial charge in [0, 0.05) is 23.9 Å². The molecule has 2 heterocycles. The normalized spacial score (nSPS) is 21.5. The number of amides is 1. The molecule has 0 saturated carbocycles. The summed E-state index contributed by atoms with van der Waals surface area (Å²) in [5.74, 6) is 1.39. The molecular formula is C19H22ClN3OS. The topological polar surface area (TPSA) is 47.3 Å². The average molecular weight is 376 g/mol. The second-order valence-electron chi connectivity index (χ2n) is 6.95. The van der Waals surface area contributed by atoms with Crippen molar-refractivity contribution in [3.05, 3.63) is 45.5 Å². The van der Waals surface area contributed by atoms with Crippen molar-refractivity contribution in [2.45, 2.75) is 32.6 Å². The molecule has 132 valence electrons. The second-order valence-corrected chi connectivity index (χ2v) is 8.32. The van der Waals surface area contributed by atoms with Crippen molar-refractivity contribution in [3.63, 3.8) is 0 Å². The molecule has 1 atom stereocenters. The highest BCUT2D eigenvalue weighted by atomic mass is 35.5. The Bertz CT molecular complexity index is 723. The number of fused-ring (bicyclic) bond motifs is 1. The Morgan fingerprint density at radius 1 is 1.36 bits per heavy atom. The minimum absolute atomic E-state index is 0.0932. The van der Waals surface area contributed by atoms with Crippen LogP contribution in [0.25, 0.3) is 0 Å². The molecule has 1 aromatic carbocycles. The first kappa shape index (κ1) is 18.3. The van der Waals surface area contributed by atoms with Crippen LogP contribution in [0.1, 0.15) is 38.2 Å². The van der Waals surface area contributed by atoms with Crippen LogP contribution in [0.3, 0.4) is 0 Å². The van der Waals surface area contributed by atoms with Gasteiger partial charge in [0.25, 0.3) is 0 Å². The molecule has 0 aliphatic carbocycles. The Hall–Kier alpha value is -1.48. The van der Waals surface area contributed by atoms with Crippen molar-refractivity contribution in [1.82, 2.24) is 9.80 Å². The second kappa shape index (κ2) is 7.82. The molecule has 0 unspecified atom stereocenters. The average Bonchev–Trinajstić information content (AvgIpc) is 2.60. The predicted molar refractivity (Wildman–Crippen MR) is 102 cm³/mol. The van der Waals surface area contributed by atoms with Crippen LogP contribution < -0.4 is 0 Å². The van der Waals surface area contributed by atoms with Crippen molar-refractivity contribution in [3.8, 4) is 6.07 Å². The Kier molecular flexibility index (Phi) is 5.73. The molecule has 3 rings (SSSR count). The fourth-order valence-electron chi connectivity index (χ4n) is 3.17. The van der Waals surface area contributed by atoms with E-state index >= 15 is 0 Å². The van der Waals surface area contributed by atoms with Gasteiger partial charge in [0.2, 0.25) is 5.91 Å². The highest BCUT2D eigenvalue weighted by Gasteiger charge is 2.38. The molecular weight excluding hydrogens is 354 g/mol. The van der Waals surface area contributed by atoms with Gasteiger partial charge in [-0.15, -0.1) is 0 Å². The van der Waals surface area contributed by atoms with Gasteiger partial charge in [-0.3, -0.25) is 14.6 Å². The molecule has 1 fully saturated rings. The van der Waals surface area contributed by atoms with E-state index in [-0.39, 0.29) is 11.8 Å². The van der Waals surface area contributed by atoms with Crippen molar-refractivity contribution in [2.75, 3.05) is 19.1 Å². The maximum absolute atomic E-state index is 12.7. The summed E-state index contributed by atoms with van der Waals surface area (Å²) in [5, 5.41) is 11.2. The van der Waals surface area contributed by atoms with Crippen molar-refractivity contribution in [1.29, 1.82) is 5.26 Å². The highest BCUT2D eigenvalue weighted by Crippen LogP contribution is 2.42. The van der Waals surface area contributed by atoms with Gasteiger partial charge in [-0.25, -0.2) is 0 Å². The third-order valence-corrected chi connectivity index (χ3v) is 6.10. The van der Waals surface area contributed by atoms with Crippen LogP contribution in [-0.4, -0.2) is 34.8 Å². The zero-order valence-electron chi connectivity index (χ0n) is 14.5. The van der Waals surface area contributed by atoms with E-state index in [1.807, 2.05) is 24.3 Å². The number of allylic oxidation sites excluding steroid dienone is 1. The lowest BCUT2D eigenvalue weighted by Gasteiger charge is -2.41. The quantitative estimate of drug-likeness (QED) is 0.782. The first-order valence-corrected chi connectivity index (χ1v) is 9.91. The van der Waals surface area contributed by atoms with E-state index in [9.17, 15) is 10.1 Å². The summed E-state index contributed by atoms with van der Waals surface area (Å²) in [7, 11) is 0. The summed E-state index contributed by atoms with van der Waals surface area (Å²) in [5.41, 5.74) is 1.68. The Balaban J connectivity index is 1.84. The molecule has 0 aromatic heterocycles. The summed E-state index contributed by atoms with van der Waals surface area (Å²) in [6.07, 6.45) is 1.45. The number of hydrogen-bond acceptors (Lipinski definition) is 4. The largest absolute Gasteiger partial charge is 0.292 e. The number of halogens is 1. The van der Waals surface area contributed by atoms with Crippen LogP contribution in [-0.2, 0) is 4.79 Å². The Morgan fingerprint density at radius 2 is 2.08 bits per heavy atom. The maximum atomic E-state index is 12.7. The molecule has 0 spiro atoms. The zero-order chi connectivity index (χ0) is 18.0. The smallest absolute Gasteiger partial charge is 0.229 e. The van der Waals surface area contributed by atoms with Crippen LogP contribution in [0.5, 0.6) is 0 Å². The van der Waals surface area contributed by atoms with E-state index in [1.54, 1.807) is 16.7 Å². The summed E-state index contributed by atoms with van der Waals surface area (Å²) >= 11 is 7.57. The van der Waals surface area contributed by atoms with E-state index < -0.39 is 0 Å². The van der Waals surface area contributed by atoms with Crippen LogP contribution >= 0.6 is 23.4 Å². The minimum Gasteiger partial charge on any atom is -0.292 e. The number of nitrogens with zero attached hydrogens (tertiary/aromatic N) is 3. The first-order valence-electron chi connectivity index (χ1n) is 8.55.